The summed E-state index contributed by atoms with van der Waals surface area (Å²) in [4.78, 5) is 26.4. The molecule has 3 heteroatoms. The Hall–Kier alpha value is -1.90. The molecule has 3 rings (SSSR count). The van der Waals surface area contributed by atoms with Gasteiger partial charge < -0.3 is 0 Å². The summed E-state index contributed by atoms with van der Waals surface area (Å²) in [5.74, 6) is 1.52. The van der Waals surface area contributed by atoms with Crippen molar-refractivity contribution in [1.82, 2.24) is 4.90 Å². The van der Waals surface area contributed by atoms with Gasteiger partial charge in [-0.2, -0.15) is 0 Å². The van der Waals surface area contributed by atoms with Crippen LogP contribution in [0, 0.1) is 17.8 Å². The lowest BCUT2D eigenvalue weighted by molar-refractivity contribution is -0.141. The fourth-order valence-corrected chi connectivity index (χ4v) is 4.90. The maximum atomic E-state index is 12.5. The molecule has 2 amide bonds. The van der Waals surface area contributed by atoms with Gasteiger partial charge in [0.2, 0.25) is 0 Å². The van der Waals surface area contributed by atoms with E-state index in [1.807, 2.05) is 0 Å². The monoisotopic (exact) mass is 339 g/mol. The summed E-state index contributed by atoms with van der Waals surface area (Å²) in [5, 5.41) is 0. The number of rotatable bonds is 4. The van der Waals surface area contributed by atoms with Crippen LogP contribution in [-0.2, 0) is 9.59 Å². The molecule has 0 spiro atoms. The minimum absolute atomic E-state index is 0.156. The van der Waals surface area contributed by atoms with Crippen molar-refractivity contribution in [3.8, 4) is 0 Å². The first-order chi connectivity index (χ1) is 11.8. The molecule has 0 unspecified atom stereocenters. The maximum Gasteiger partial charge on any atom is 0.254 e. The normalized spacial score (nSPS) is 25.8. The zero-order valence-electron chi connectivity index (χ0n) is 16.1. The standard InChI is InChI=1S/C22H29NO2/c1-12(2)15-8-7-9-16-21(15)19(13(3)4)20(14(5)6)22(16)23-17(24)10-11-18(23)25/h7-14,19-20,22H,1-6H3/t19-,20-,22+/m0/s1. The minimum atomic E-state index is -0.175. The molecule has 1 aromatic carbocycles. The number of fused-ring (bicyclic) bond motifs is 1. The molecule has 1 aromatic rings. The van der Waals surface area contributed by atoms with Gasteiger partial charge in [0.05, 0.1) is 6.04 Å². The Morgan fingerprint density at radius 2 is 1.48 bits per heavy atom. The largest absolute Gasteiger partial charge is 0.269 e. The van der Waals surface area contributed by atoms with Crippen molar-refractivity contribution < 1.29 is 9.59 Å². The molecule has 0 radical (unpaired) electrons. The Kier molecular flexibility index (Phi) is 4.61. The van der Waals surface area contributed by atoms with Crippen LogP contribution in [0.1, 0.15) is 76.1 Å². The Balaban J connectivity index is 2.24. The van der Waals surface area contributed by atoms with E-state index in [2.05, 4.69) is 59.7 Å². The predicted molar refractivity (Wildman–Crippen MR) is 100 cm³/mol. The number of carbonyl (C=O) groups excluding carboxylic acids is 2. The number of hydrogen-bond donors (Lipinski definition) is 0. The topological polar surface area (TPSA) is 37.4 Å². The second-order valence-corrected chi connectivity index (χ2v) is 8.42. The Labute approximate surface area is 151 Å². The highest BCUT2D eigenvalue weighted by atomic mass is 16.2. The second-order valence-electron chi connectivity index (χ2n) is 8.42. The summed E-state index contributed by atoms with van der Waals surface area (Å²) >= 11 is 0. The van der Waals surface area contributed by atoms with Crippen LogP contribution in [0.15, 0.2) is 30.4 Å². The van der Waals surface area contributed by atoms with Crippen molar-refractivity contribution >= 4 is 11.8 Å². The van der Waals surface area contributed by atoms with Gasteiger partial charge >= 0.3 is 0 Å². The van der Waals surface area contributed by atoms with E-state index in [1.54, 1.807) is 0 Å². The fourth-order valence-electron chi connectivity index (χ4n) is 4.90. The highest BCUT2D eigenvalue weighted by Gasteiger charge is 2.50. The van der Waals surface area contributed by atoms with Crippen LogP contribution in [0.5, 0.6) is 0 Å². The zero-order valence-corrected chi connectivity index (χ0v) is 16.1. The molecule has 134 valence electrons. The molecule has 0 saturated carbocycles. The summed E-state index contributed by atoms with van der Waals surface area (Å²) in [6.45, 7) is 13.4. The van der Waals surface area contributed by atoms with E-state index < -0.39 is 0 Å². The van der Waals surface area contributed by atoms with Gasteiger partial charge in [-0.25, -0.2) is 0 Å². The Bertz CT molecular complexity index is 712. The number of hydrogen-bond acceptors (Lipinski definition) is 2. The number of benzene rings is 1. The van der Waals surface area contributed by atoms with Crippen molar-refractivity contribution in [3.05, 3.63) is 47.0 Å². The first kappa shape index (κ1) is 17.9. The van der Waals surface area contributed by atoms with E-state index in [0.29, 0.717) is 23.7 Å². The highest BCUT2D eigenvalue weighted by molar-refractivity contribution is 6.13. The lowest BCUT2D eigenvalue weighted by atomic mass is 9.74. The fraction of sp³-hybridized carbons (Fsp3) is 0.545. The van der Waals surface area contributed by atoms with Crippen molar-refractivity contribution in [1.29, 1.82) is 0 Å². The lowest BCUT2D eigenvalue weighted by Gasteiger charge is -2.35. The molecule has 2 aliphatic rings. The van der Waals surface area contributed by atoms with Crippen LogP contribution in [0.4, 0.5) is 0 Å². The average molecular weight is 339 g/mol. The van der Waals surface area contributed by atoms with Crippen LogP contribution >= 0.6 is 0 Å². The first-order valence-corrected chi connectivity index (χ1v) is 9.43. The van der Waals surface area contributed by atoms with Gasteiger partial charge in [0.1, 0.15) is 0 Å². The van der Waals surface area contributed by atoms with Gasteiger partial charge in [-0.3, -0.25) is 14.5 Å². The summed E-state index contributed by atoms with van der Waals surface area (Å²) in [5.41, 5.74) is 3.91. The van der Waals surface area contributed by atoms with Gasteiger partial charge in [-0.1, -0.05) is 59.7 Å². The van der Waals surface area contributed by atoms with E-state index in [4.69, 9.17) is 0 Å². The summed E-state index contributed by atoms with van der Waals surface area (Å²) < 4.78 is 0. The molecule has 0 fully saturated rings. The molecule has 0 saturated heterocycles. The number of amides is 2. The molecule has 0 aromatic heterocycles. The molecule has 0 bridgehead atoms. The van der Waals surface area contributed by atoms with E-state index in [0.717, 1.165) is 0 Å². The molecule has 1 heterocycles. The molecule has 1 aliphatic heterocycles. The SMILES string of the molecule is CC(C)c1cccc2c1[C@@H](C(C)C)[C@H](C(C)C)[C@@H]2N1C(=O)C=CC1=O. The zero-order chi connectivity index (χ0) is 18.5. The van der Waals surface area contributed by atoms with E-state index in [-0.39, 0.29) is 23.8 Å². The van der Waals surface area contributed by atoms with Gasteiger partial charge in [0.25, 0.3) is 11.8 Å². The Morgan fingerprint density at radius 1 is 0.880 bits per heavy atom. The van der Waals surface area contributed by atoms with E-state index >= 15 is 0 Å². The molecule has 1 aliphatic carbocycles. The molecule has 3 nitrogen and oxygen atoms in total. The van der Waals surface area contributed by atoms with Crippen molar-refractivity contribution in [3.63, 3.8) is 0 Å². The van der Waals surface area contributed by atoms with Crippen LogP contribution in [0.3, 0.4) is 0 Å². The van der Waals surface area contributed by atoms with Crippen LogP contribution in [-0.4, -0.2) is 16.7 Å². The maximum absolute atomic E-state index is 12.5. The second kappa shape index (κ2) is 6.44. The summed E-state index contributed by atoms with van der Waals surface area (Å²) in [6.07, 6.45) is 2.82. The Morgan fingerprint density at radius 3 is 1.96 bits per heavy atom. The van der Waals surface area contributed by atoms with Crippen molar-refractivity contribution in [2.75, 3.05) is 0 Å². The van der Waals surface area contributed by atoms with Gasteiger partial charge in [-0.05, 0) is 46.3 Å². The molecular weight excluding hydrogens is 310 g/mol. The van der Waals surface area contributed by atoms with Gasteiger partial charge in [0.15, 0.2) is 0 Å². The van der Waals surface area contributed by atoms with Crippen LogP contribution in [0.2, 0.25) is 0 Å². The number of nitrogens with zero attached hydrogens (tertiary/aromatic N) is 1. The van der Waals surface area contributed by atoms with Crippen molar-refractivity contribution in [2.24, 2.45) is 17.8 Å². The van der Waals surface area contributed by atoms with E-state index in [9.17, 15) is 9.59 Å². The van der Waals surface area contributed by atoms with Crippen LogP contribution < -0.4 is 0 Å². The third kappa shape index (κ3) is 2.74. The van der Waals surface area contributed by atoms with E-state index in [1.165, 1.54) is 33.7 Å². The third-order valence-corrected chi connectivity index (χ3v) is 5.84. The number of carbonyl (C=O) groups is 2. The summed E-state index contributed by atoms with van der Waals surface area (Å²) in [6, 6.07) is 6.27. The smallest absolute Gasteiger partial charge is 0.254 e. The number of imide groups is 1. The minimum Gasteiger partial charge on any atom is -0.269 e. The quantitative estimate of drug-likeness (QED) is 0.739. The third-order valence-electron chi connectivity index (χ3n) is 5.84. The first-order valence-electron chi connectivity index (χ1n) is 9.43. The lowest BCUT2D eigenvalue weighted by Crippen LogP contribution is -2.39. The molecule has 25 heavy (non-hydrogen) atoms. The summed E-state index contributed by atoms with van der Waals surface area (Å²) in [7, 11) is 0. The highest BCUT2D eigenvalue weighted by Crippen LogP contribution is 2.56. The van der Waals surface area contributed by atoms with Crippen LogP contribution in [0.25, 0.3) is 0 Å². The van der Waals surface area contributed by atoms with Gasteiger partial charge in [-0.15, -0.1) is 0 Å². The van der Waals surface area contributed by atoms with Crippen molar-refractivity contribution in [2.45, 2.75) is 59.4 Å². The van der Waals surface area contributed by atoms with Gasteiger partial charge in [0, 0.05) is 12.2 Å². The molecule has 3 atom stereocenters. The predicted octanol–water partition coefficient (Wildman–Crippen LogP) is 4.80. The average Bonchev–Trinajstić information content (AvgIpc) is 3.04. The molecule has 0 N–H and O–H groups in total. The molecular formula is C22H29NO2.